The van der Waals surface area contributed by atoms with Crippen molar-refractivity contribution in [1.82, 2.24) is 15.5 Å². The van der Waals surface area contributed by atoms with Gasteiger partial charge in [-0.25, -0.2) is 4.39 Å². The highest BCUT2D eigenvalue weighted by atomic mass is 19.1. The van der Waals surface area contributed by atoms with Crippen LogP contribution in [0.5, 0.6) is 5.75 Å². The van der Waals surface area contributed by atoms with Gasteiger partial charge in [0.1, 0.15) is 12.6 Å². The van der Waals surface area contributed by atoms with E-state index in [-0.39, 0.29) is 30.3 Å². The lowest BCUT2D eigenvalue weighted by molar-refractivity contribution is -0.00136. The van der Waals surface area contributed by atoms with Gasteiger partial charge in [-0.3, -0.25) is 0 Å². The molecule has 2 heterocycles. The molecule has 3 aromatic rings. The molecule has 2 aromatic carbocycles. The molecule has 1 N–H and O–H groups in total. The molecule has 0 radical (unpaired) electrons. The Morgan fingerprint density at radius 3 is 2.78 bits per heavy atom. The van der Waals surface area contributed by atoms with Gasteiger partial charge in [-0.05, 0) is 24.6 Å². The zero-order valence-corrected chi connectivity index (χ0v) is 14.9. The van der Waals surface area contributed by atoms with E-state index in [4.69, 9.17) is 14.0 Å². The molecule has 0 bridgehead atoms. The van der Waals surface area contributed by atoms with Crippen LogP contribution < -0.4 is 10.1 Å². The number of morpholine rings is 1. The standard InChI is InChI=1S/C20H20FN3O3/c1-13-18(22-10-11-25-13)20-23-19(24-27-20)15-8-6-14(7-9-15)12-26-17-5-3-2-4-16(17)21/h2-9,13,18,22H,10-12H2,1H3/t13-,18+/m1/s1. The molecule has 4 rings (SSSR count). The molecule has 1 saturated heterocycles. The maximum absolute atomic E-state index is 13.6. The lowest BCUT2D eigenvalue weighted by Gasteiger charge is -2.27. The normalized spacial score (nSPS) is 19.8. The Kier molecular flexibility index (Phi) is 5.13. The second kappa shape index (κ2) is 7.85. The first-order chi connectivity index (χ1) is 13.2. The van der Waals surface area contributed by atoms with Gasteiger partial charge in [0.05, 0.1) is 12.7 Å². The number of aromatic nitrogens is 2. The van der Waals surface area contributed by atoms with Gasteiger partial charge in [-0.2, -0.15) is 4.98 Å². The predicted octanol–water partition coefficient (Wildman–Crippen LogP) is 3.50. The largest absolute Gasteiger partial charge is 0.486 e. The van der Waals surface area contributed by atoms with E-state index in [1.807, 2.05) is 31.2 Å². The number of nitrogens with zero attached hydrogens (tertiary/aromatic N) is 2. The fraction of sp³-hybridized carbons (Fsp3) is 0.300. The minimum absolute atomic E-state index is 0.0232. The van der Waals surface area contributed by atoms with Crippen LogP contribution in [-0.4, -0.2) is 29.4 Å². The van der Waals surface area contributed by atoms with Crippen molar-refractivity contribution < 1.29 is 18.4 Å². The highest BCUT2D eigenvalue weighted by Gasteiger charge is 2.28. The summed E-state index contributed by atoms with van der Waals surface area (Å²) in [5, 5.41) is 7.40. The third-order valence-corrected chi connectivity index (χ3v) is 4.47. The van der Waals surface area contributed by atoms with E-state index < -0.39 is 0 Å². The summed E-state index contributed by atoms with van der Waals surface area (Å²) in [4.78, 5) is 4.49. The Morgan fingerprint density at radius 1 is 1.19 bits per heavy atom. The van der Waals surface area contributed by atoms with Crippen LogP contribution in [0.4, 0.5) is 4.39 Å². The number of benzene rings is 2. The quantitative estimate of drug-likeness (QED) is 0.742. The molecule has 0 aliphatic carbocycles. The predicted molar refractivity (Wildman–Crippen MR) is 96.6 cm³/mol. The van der Waals surface area contributed by atoms with E-state index in [0.717, 1.165) is 17.7 Å². The van der Waals surface area contributed by atoms with Crippen molar-refractivity contribution in [2.45, 2.75) is 25.7 Å². The van der Waals surface area contributed by atoms with Gasteiger partial charge < -0.3 is 19.3 Å². The zero-order chi connectivity index (χ0) is 18.6. The van der Waals surface area contributed by atoms with Crippen LogP contribution in [0.3, 0.4) is 0 Å². The van der Waals surface area contributed by atoms with Crippen molar-refractivity contribution in [3.8, 4) is 17.1 Å². The lowest BCUT2D eigenvalue weighted by atomic mass is 10.1. The maximum Gasteiger partial charge on any atom is 0.246 e. The Bertz CT molecular complexity index is 897. The summed E-state index contributed by atoms with van der Waals surface area (Å²) >= 11 is 0. The number of nitrogens with one attached hydrogen (secondary N) is 1. The van der Waals surface area contributed by atoms with Gasteiger partial charge in [0.15, 0.2) is 11.6 Å². The monoisotopic (exact) mass is 369 g/mol. The topological polar surface area (TPSA) is 69.4 Å². The zero-order valence-electron chi connectivity index (χ0n) is 14.9. The van der Waals surface area contributed by atoms with Gasteiger partial charge in [-0.1, -0.05) is 41.6 Å². The molecule has 0 unspecified atom stereocenters. The van der Waals surface area contributed by atoms with Gasteiger partial charge in [-0.15, -0.1) is 0 Å². The fourth-order valence-electron chi connectivity index (χ4n) is 2.96. The van der Waals surface area contributed by atoms with Crippen LogP contribution in [0.2, 0.25) is 0 Å². The fourth-order valence-corrected chi connectivity index (χ4v) is 2.96. The minimum atomic E-state index is -0.372. The first-order valence-corrected chi connectivity index (χ1v) is 8.86. The summed E-state index contributed by atoms with van der Waals surface area (Å²) in [5.41, 5.74) is 1.76. The highest BCUT2D eigenvalue weighted by Crippen LogP contribution is 2.24. The second-order valence-corrected chi connectivity index (χ2v) is 6.38. The number of para-hydroxylation sites is 1. The summed E-state index contributed by atoms with van der Waals surface area (Å²) in [6.45, 7) is 3.68. The van der Waals surface area contributed by atoms with E-state index >= 15 is 0 Å². The number of hydrogen-bond donors (Lipinski definition) is 1. The molecule has 0 saturated carbocycles. The highest BCUT2D eigenvalue weighted by molar-refractivity contribution is 5.54. The summed E-state index contributed by atoms with van der Waals surface area (Å²) in [6.07, 6.45) is -0.0232. The summed E-state index contributed by atoms with van der Waals surface area (Å²) in [5.74, 6) is 0.902. The Hall–Kier alpha value is -2.77. The van der Waals surface area contributed by atoms with Crippen molar-refractivity contribution >= 4 is 0 Å². The smallest absolute Gasteiger partial charge is 0.246 e. The summed E-state index contributed by atoms with van der Waals surface area (Å²) in [7, 11) is 0. The van der Waals surface area contributed by atoms with E-state index in [0.29, 0.717) is 18.3 Å². The molecule has 7 heteroatoms. The number of ether oxygens (including phenoxy) is 2. The molecule has 140 valence electrons. The molecule has 0 amide bonds. The van der Waals surface area contributed by atoms with Crippen LogP contribution in [0, 0.1) is 5.82 Å². The third kappa shape index (κ3) is 3.99. The van der Waals surface area contributed by atoms with E-state index in [9.17, 15) is 4.39 Å². The van der Waals surface area contributed by atoms with Crippen LogP contribution in [0.1, 0.15) is 24.4 Å². The molecular weight excluding hydrogens is 349 g/mol. The molecule has 1 fully saturated rings. The Morgan fingerprint density at radius 2 is 2.00 bits per heavy atom. The van der Waals surface area contributed by atoms with E-state index in [1.165, 1.54) is 6.07 Å². The van der Waals surface area contributed by atoms with Gasteiger partial charge in [0.25, 0.3) is 0 Å². The van der Waals surface area contributed by atoms with Crippen molar-refractivity contribution in [2.75, 3.05) is 13.2 Å². The minimum Gasteiger partial charge on any atom is -0.486 e. The van der Waals surface area contributed by atoms with Crippen molar-refractivity contribution in [3.05, 3.63) is 65.8 Å². The molecule has 0 spiro atoms. The van der Waals surface area contributed by atoms with E-state index in [1.54, 1.807) is 18.2 Å². The first kappa shape index (κ1) is 17.6. The molecule has 1 aliphatic rings. The van der Waals surface area contributed by atoms with Crippen LogP contribution >= 0.6 is 0 Å². The lowest BCUT2D eigenvalue weighted by Crippen LogP contribution is -2.40. The van der Waals surface area contributed by atoms with Crippen molar-refractivity contribution in [3.63, 3.8) is 0 Å². The van der Waals surface area contributed by atoms with Crippen LogP contribution in [0.15, 0.2) is 53.1 Å². The van der Waals surface area contributed by atoms with Crippen LogP contribution in [0.25, 0.3) is 11.4 Å². The van der Waals surface area contributed by atoms with Crippen LogP contribution in [-0.2, 0) is 11.3 Å². The number of rotatable bonds is 5. The first-order valence-electron chi connectivity index (χ1n) is 8.86. The van der Waals surface area contributed by atoms with Crippen molar-refractivity contribution in [1.29, 1.82) is 0 Å². The molecule has 6 nitrogen and oxygen atoms in total. The molecule has 2 atom stereocenters. The van der Waals surface area contributed by atoms with E-state index in [2.05, 4.69) is 15.5 Å². The molecule has 1 aromatic heterocycles. The maximum atomic E-state index is 13.6. The van der Waals surface area contributed by atoms with Crippen molar-refractivity contribution in [2.24, 2.45) is 0 Å². The molecular formula is C20H20FN3O3. The van der Waals surface area contributed by atoms with Gasteiger partial charge in [0, 0.05) is 12.1 Å². The Labute approximate surface area is 156 Å². The average molecular weight is 369 g/mol. The number of halogens is 1. The number of hydrogen-bond acceptors (Lipinski definition) is 6. The summed E-state index contributed by atoms with van der Waals surface area (Å²) in [6, 6.07) is 13.8. The van der Waals surface area contributed by atoms with Gasteiger partial charge in [0.2, 0.25) is 11.7 Å². The third-order valence-electron chi connectivity index (χ3n) is 4.47. The SMILES string of the molecule is C[C@H]1OCCN[C@@H]1c1nc(-c2ccc(COc3ccccc3F)cc2)no1. The second-order valence-electron chi connectivity index (χ2n) is 6.38. The Balaban J connectivity index is 1.42. The summed E-state index contributed by atoms with van der Waals surface area (Å²) < 4.78 is 30.1. The molecule has 1 aliphatic heterocycles. The molecule has 27 heavy (non-hydrogen) atoms. The average Bonchev–Trinajstić information content (AvgIpc) is 3.18. The van der Waals surface area contributed by atoms with Gasteiger partial charge >= 0.3 is 0 Å².